The molecule has 2 heterocycles. The third kappa shape index (κ3) is 3.97. The highest BCUT2D eigenvalue weighted by Crippen LogP contribution is 2.39. The summed E-state index contributed by atoms with van der Waals surface area (Å²) < 4.78 is 0. The van der Waals surface area contributed by atoms with Gasteiger partial charge in [-0.1, -0.05) is 6.42 Å². The lowest BCUT2D eigenvalue weighted by molar-refractivity contribution is -0.384. The normalized spacial score (nSPS) is 13.7. The van der Waals surface area contributed by atoms with Crippen LogP contribution in [0.2, 0.25) is 0 Å². The Hall–Kier alpha value is -3.79. The first-order valence-corrected chi connectivity index (χ1v) is 10.6. The molecule has 0 unspecified atom stereocenters. The summed E-state index contributed by atoms with van der Waals surface area (Å²) in [6.07, 6.45) is 5.49. The van der Waals surface area contributed by atoms with Gasteiger partial charge in [-0.25, -0.2) is 14.8 Å². The van der Waals surface area contributed by atoms with E-state index in [1.54, 1.807) is 24.3 Å². The van der Waals surface area contributed by atoms with Crippen LogP contribution in [0.25, 0.3) is 22.4 Å². The zero-order chi connectivity index (χ0) is 21.4. The molecule has 9 nitrogen and oxygen atoms in total. The number of amides is 2. The van der Waals surface area contributed by atoms with Gasteiger partial charge in [0.25, 0.3) is 5.69 Å². The minimum atomic E-state index is -0.439. The number of hydrogen-bond donors (Lipinski definition) is 3. The van der Waals surface area contributed by atoms with E-state index in [0.717, 1.165) is 11.1 Å². The lowest BCUT2D eigenvalue weighted by Crippen LogP contribution is -2.19. The van der Waals surface area contributed by atoms with Crippen molar-refractivity contribution in [2.24, 2.45) is 0 Å². The molecule has 2 amide bonds. The third-order valence-electron chi connectivity index (χ3n) is 5.34. The summed E-state index contributed by atoms with van der Waals surface area (Å²) in [7, 11) is 0. The average Bonchev–Trinajstić information content (AvgIpc) is 3.33. The number of aromatic amines is 1. The molecule has 1 saturated carbocycles. The highest BCUT2D eigenvalue weighted by Gasteiger charge is 2.22. The molecule has 0 atom stereocenters. The smallest absolute Gasteiger partial charge is 0.325 e. The summed E-state index contributed by atoms with van der Waals surface area (Å²) in [6, 6.07) is 11.2. The summed E-state index contributed by atoms with van der Waals surface area (Å²) in [5.74, 6) is 1.18. The number of nitro groups is 1. The number of nitrogens with one attached hydrogen (secondary N) is 3. The summed E-state index contributed by atoms with van der Waals surface area (Å²) in [6.45, 7) is 0. The van der Waals surface area contributed by atoms with Gasteiger partial charge >= 0.3 is 6.03 Å². The van der Waals surface area contributed by atoms with Crippen LogP contribution in [0.1, 0.15) is 30.1 Å². The van der Waals surface area contributed by atoms with Gasteiger partial charge in [0.2, 0.25) is 0 Å². The highest BCUT2D eigenvalue weighted by atomic mass is 32.1. The fourth-order valence-corrected chi connectivity index (χ4v) is 4.43. The second kappa shape index (κ2) is 7.80. The molecule has 1 fully saturated rings. The zero-order valence-electron chi connectivity index (χ0n) is 16.3. The molecule has 10 heteroatoms. The van der Waals surface area contributed by atoms with E-state index in [0.29, 0.717) is 28.1 Å². The van der Waals surface area contributed by atoms with Gasteiger partial charge in [0.05, 0.1) is 16.0 Å². The van der Waals surface area contributed by atoms with Crippen LogP contribution in [0.5, 0.6) is 0 Å². The van der Waals surface area contributed by atoms with E-state index in [2.05, 4.69) is 25.6 Å². The van der Waals surface area contributed by atoms with E-state index in [-0.39, 0.29) is 11.7 Å². The minimum absolute atomic E-state index is 0.0254. The van der Waals surface area contributed by atoms with Crippen LogP contribution in [-0.4, -0.2) is 25.9 Å². The van der Waals surface area contributed by atoms with Gasteiger partial charge in [-0.2, -0.15) is 0 Å². The Balaban J connectivity index is 1.28. The van der Waals surface area contributed by atoms with Gasteiger partial charge in [-0.15, -0.1) is 11.3 Å². The summed E-state index contributed by atoms with van der Waals surface area (Å²) in [4.78, 5) is 36.0. The first kappa shape index (κ1) is 19.2. The molecular weight excluding hydrogens is 416 g/mol. The van der Waals surface area contributed by atoms with Crippen molar-refractivity contribution in [1.82, 2.24) is 15.0 Å². The molecule has 4 aromatic rings. The number of thiazole rings is 1. The van der Waals surface area contributed by atoms with E-state index < -0.39 is 4.92 Å². The Morgan fingerprint density at radius 1 is 1.16 bits per heavy atom. The van der Waals surface area contributed by atoms with Crippen molar-refractivity contribution in [1.29, 1.82) is 0 Å². The maximum atomic E-state index is 12.4. The van der Waals surface area contributed by atoms with Crippen molar-refractivity contribution in [3.8, 4) is 11.4 Å². The fourth-order valence-electron chi connectivity index (χ4n) is 3.45. The molecule has 1 aliphatic carbocycles. The molecule has 31 heavy (non-hydrogen) atoms. The number of urea groups is 1. The van der Waals surface area contributed by atoms with E-state index in [4.69, 9.17) is 0 Å². The molecule has 0 bridgehead atoms. The number of hydrogen-bond acceptors (Lipinski definition) is 6. The fraction of sp³-hybridized carbons (Fsp3) is 0.190. The Morgan fingerprint density at radius 3 is 2.68 bits per heavy atom. The number of carbonyl (C=O) groups excluding carboxylic acids is 1. The standard InChI is InChI=1S/C21H18N6O3S/c28-20(26-21-22-11-18(31-21)12-2-1-3-12)23-14-6-9-16-17(10-14)25-19(24-16)13-4-7-15(8-5-13)27(29)30/h4-12H,1-3H2,(H,24,25)(H2,22,23,26,28). The molecule has 3 N–H and O–H groups in total. The monoisotopic (exact) mass is 434 g/mol. The predicted molar refractivity (Wildman–Crippen MR) is 120 cm³/mol. The van der Waals surface area contributed by atoms with Gasteiger partial charge < -0.3 is 10.3 Å². The lowest BCUT2D eigenvalue weighted by atomic mass is 9.85. The number of rotatable bonds is 5. The molecule has 2 aromatic carbocycles. The van der Waals surface area contributed by atoms with E-state index in [9.17, 15) is 14.9 Å². The van der Waals surface area contributed by atoms with Gasteiger partial charge in [0, 0.05) is 34.5 Å². The van der Waals surface area contributed by atoms with Gasteiger partial charge in [0.1, 0.15) is 5.82 Å². The second-order valence-corrected chi connectivity index (χ2v) is 8.46. The van der Waals surface area contributed by atoms with Crippen LogP contribution < -0.4 is 10.6 Å². The van der Waals surface area contributed by atoms with Gasteiger partial charge in [0.15, 0.2) is 5.13 Å². The summed E-state index contributed by atoms with van der Waals surface area (Å²) in [5.41, 5.74) is 2.83. The first-order valence-electron chi connectivity index (χ1n) is 9.83. The molecular formula is C21H18N6O3S. The summed E-state index contributed by atoms with van der Waals surface area (Å²) >= 11 is 1.52. The molecule has 156 valence electrons. The number of nitro benzene ring substituents is 1. The molecule has 2 aromatic heterocycles. The van der Waals surface area contributed by atoms with Crippen LogP contribution in [0.4, 0.5) is 21.3 Å². The van der Waals surface area contributed by atoms with Crippen molar-refractivity contribution in [2.75, 3.05) is 10.6 Å². The van der Waals surface area contributed by atoms with Crippen molar-refractivity contribution in [3.63, 3.8) is 0 Å². The first-order chi connectivity index (χ1) is 15.0. The number of H-pyrrole nitrogens is 1. The molecule has 5 rings (SSSR count). The van der Waals surface area contributed by atoms with Crippen LogP contribution in [0, 0.1) is 10.1 Å². The number of benzene rings is 2. The van der Waals surface area contributed by atoms with Crippen LogP contribution in [-0.2, 0) is 0 Å². The Bertz CT molecular complexity index is 1280. The number of nitrogens with zero attached hydrogens (tertiary/aromatic N) is 3. The highest BCUT2D eigenvalue weighted by molar-refractivity contribution is 7.15. The van der Waals surface area contributed by atoms with E-state index in [1.807, 2.05) is 12.3 Å². The number of carbonyl (C=O) groups is 1. The molecule has 0 radical (unpaired) electrons. The van der Waals surface area contributed by atoms with Crippen molar-refractivity contribution >= 4 is 44.9 Å². The van der Waals surface area contributed by atoms with Crippen molar-refractivity contribution < 1.29 is 9.72 Å². The van der Waals surface area contributed by atoms with Gasteiger partial charge in [-0.3, -0.25) is 15.4 Å². The topological polar surface area (TPSA) is 126 Å². The summed E-state index contributed by atoms with van der Waals surface area (Å²) in [5, 5.41) is 17.0. The quantitative estimate of drug-likeness (QED) is 0.282. The van der Waals surface area contributed by atoms with Crippen LogP contribution in [0.15, 0.2) is 48.7 Å². The lowest BCUT2D eigenvalue weighted by Gasteiger charge is -2.23. The number of aromatic nitrogens is 3. The van der Waals surface area contributed by atoms with Crippen LogP contribution >= 0.6 is 11.3 Å². The Labute approximate surface area is 180 Å². The third-order valence-corrected chi connectivity index (χ3v) is 6.42. The maximum Gasteiger partial charge on any atom is 0.325 e. The maximum absolute atomic E-state index is 12.4. The zero-order valence-corrected chi connectivity index (χ0v) is 17.1. The molecule has 0 spiro atoms. The van der Waals surface area contributed by atoms with Gasteiger partial charge in [-0.05, 0) is 49.1 Å². The van der Waals surface area contributed by atoms with E-state index >= 15 is 0 Å². The number of fused-ring (bicyclic) bond motifs is 1. The molecule has 1 aliphatic rings. The van der Waals surface area contributed by atoms with E-state index in [1.165, 1.54) is 47.6 Å². The number of imidazole rings is 1. The second-order valence-electron chi connectivity index (χ2n) is 7.40. The van der Waals surface area contributed by atoms with Crippen molar-refractivity contribution in [3.05, 3.63) is 63.7 Å². The Morgan fingerprint density at radius 2 is 1.97 bits per heavy atom. The largest absolute Gasteiger partial charge is 0.338 e. The number of anilines is 2. The number of non-ortho nitro benzene ring substituents is 1. The Kier molecular flexibility index (Phi) is 4.83. The van der Waals surface area contributed by atoms with Crippen molar-refractivity contribution in [2.45, 2.75) is 25.2 Å². The van der Waals surface area contributed by atoms with Crippen LogP contribution in [0.3, 0.4) is 0 Å². The molecule has 0 aliphatic heterocycles. The molecule has 0 saturated heterocycles. The average molecular weight is 434 g/mol. The predicted octanol–water partition coefficient (Wildman–Crippen LogP) is 5.51. The SMILES string of the molecule is O=C(Nc1ccc2[nH]c(-c3ccc([N+](=O)[O-])cc3)nc2c1)Nc1ncc(C2CCC2)s1. The minimum Gasteiger partial charge on any atom is -0.338 e.